The Morgan fingerprint density at radius 3 is 2.48 bits per heavy atom. The number of amides is 2. The lowest BCUT2D eigenvalue weighted by molar-refractivity contribution is 0.0860. The summed E-state index contributed by atoms with van der Waals surface area (Å²) in [4.78, 5) is 25.9. The van der Waals surface area contributed by atoms with Crippen LogP contribution in [0.5, 0.6) is 5.75 Å². The maximum Gasteiger partial charge on any atom is 0.414 e. The number of nitrogens with one attached hydrogen (secondary N) is 1. The van der Waals surface area contributed by atoms with Crippen LogP contribution in [0.25, 0.3) is 0 Å². The largest absolute Gasteiger partial charge is 0.488 e. The molecule has 1 aliphatic heterocycles. The number of carbonyl (C=O) groups excluding carboxylic acids is 2. The van der Waals surface area contributed by atoms with Crippen molar-refractivity contribution < 1.29 is 23.5 Å². The molecule has 0 bridgehead atoms. The van der Waals surface area contributed by atoms with E-state index in [0.29, 0.717) is 24.4 Å². The fourth-order valence-electron chi connectivity index (χ4n) is 2.91. The predicted molar refractivity (Wildman–Crippen MR) is 108 cm³/mol. The molecule has 29 heavy (non-hydrogen) atoms. The predicted octanol–water partition coefficient (Wildman–Crippen LogP) is 4.01. The quantitative estimate of drug-likeness (QED) is 0.796. The second kappa shape index (κ2) is 8.51. The van der Waals surface area contributed by atoms with Gasteiger partial charge in [0, 0.05) is 11.3 Å². The summed E-state index contributed by atoms with van der Waals surface area (Å²) >= 11 is 0. The number of anilines is 1. The second-order valence-electron chi connectivity index (χ2n) is 7.95. The van der Waals surface area contributed by atoms with Crippen molar-refractivity contribution in [1.82, 2.24) is 5.32 Å². The van der Waals surface area contributed by atoms with Gasteiger partial charge in [0.05, 0.1) is 12.6 Å². The first-order chi connectivity index (χ1) is 13.8. The Labute approximate surface area is 169 Å². The highest BCUT2D eigenvalue weighted by Crippen LogP contribution is 2.23. The van der Waals surface area contributed by atoms with Gasteiger partial charge in [0.25, 0.3) is 5.91 Å². The van der Waals surface area contributed by atoms with Crippen LogP contribution < -0.4 is 15.0 Å². The Balaban J connectivity index is 1.66. The highest BCUT2D eigenvalue weighted by molar-refractivity contribution is 5.95. The third kappa shape index (κ3) is 5.04. The normalized spacial score (nSPS) is 15.0. The Kier molecular flexibility index (Phi) is 6.06. The molecule has 154 valence electrons. The summed E-state index contributed by atoms with van der Waals surface area (Å²) in [5.74, 6) is -0.557. The van der Waals surface area contributed by atoms with Crippen molar-refractivity contribution in [1.29, 1.82) is 0 Å². The topological polar surface area (TPSA) is 67.9 Å². The Bertz CT molecular complexity index is 877. The van der Waals surface area contributed by atoms with Crippen molar-refractivity contribution in [3.63, 3.8) is 0 Å². The Hall–Kier alpha value is -3.09. The maximum atomic E-state index is 13.8. The van der Waals surface area contributed by atoms with E-state index in [0.717, 1.165) is 0 Å². The van der Waals surface area contributed by atoms with Gasteiger partial charge in [-0.1, -0.05) is 32.9 Å². The molecule has 0 aliphatic carbocycles. The monoisotopic (exact) mass is 400 g/mol. The van der Waals surface area contributed by atoms with E-state index in [1.165, 1.54) is 11.0 Å². The second-order valence-corrected chi connectivity index (χ2v) is 7.95. The number of cyclic esters (lactones) is 1. The minimum atomic E-state index is -0.442. The fourth-order valence-corrected chi connectivity index (χ4v) is 2.91. The van der Waals surface area contributed by atoms with E-state index in [4.69, 9.17) is 9.47 Å². The molecule has 0 spiro atoms. The van der Waals surface area contributed by atoms with Crippen LogP contribution in [0.2, 0.25) is 0 Å². The summed E-state index contributed by atoms with van der Waals surface area (Å²) in [6.45, 7) is 6.91. The smallest absolute Gasteiger partial charge is 0.414 e. The minimum absolute atomic E-state index is 0.133. The molecule has 7 heteroatoms. The molecule has 6 nitrogen and oxygen atoms in total. The number of hydrogen-bond donors (Lipinski definition) is 1. The van der Waals surface area contributed by atoms with Crippen molar-refractivity contribution in [3.8, 4) is 5.75 Å². The van der Waals surface area contributed by atoms with Crippen LogP contribution in [0.15, 0.2) is 48.5 Å². The van der Waals surface area contributed by atoms with Gasteiger partial charge in [0.15, 0.2) is 11.6 Å². The molecule has 1 saturated heterocycles. The first kappa shape index (κ1) is 20.6. The summed E-state index contributed by atoms with van der Waals surface area (Å²) in [6, 6.07) is 12.6. The fraction of sp³-hybridized carbons (Fsp3) is 0.364. The first-order valence-corrected chi connectivity index (χ1v) is 9.48. The number of benzene rings is 2. The van der Waals surface area contributed by atoms with E-state index in [-0.39, 0.29) is 35.8 Å². The van der Waals surface area contributed by atoms with Crippen LogP contribution in [-0.2, 0) is 4.74 Å². The number of halogens is 1. The zero-order valence-corrected chi connectivity index (χ0v) is 16.8. The van der Waals surface area contributed by atoms with Gasteiger partial charge < -0.3 is 14.8 Å². The van der Waals surface area contributed by atoms with Gasteiger partial charge in [-0.15, -0.1) is 0 Å². The number of carbonyl (C=O) groups is 2. The van der Waals surface area contributed by atoms with Crippen molar-refractivity contribution in [2.24, 2.45) is 5.41 Å². The van der Waals surface area contributed by atoms with Gasteiger partial charge in [-0.25, -0.2) is 9.18 Å². The van der Waals surface area contributed by atoms with Crippen LogP contribution in [0.1, 0.15) is 31.1 Å². The molecule has 0 radical (unpaired) electrons. The first-order valence-electron chi connectivity index (χ1n) is 9.48. The lowest BCUT2D eigenvalue weighted by atomic mass is 9.87. The van der Waals surface area contributed by atoms with E-state index in [1.807, 2.05) is 20.8 Å². The third-order valence-corrected chi connectivity index (χ3v) is 4.79. The molecule has 1 heterocycles. The zero-order chi connectivity index (χ0) is 21.0. The van der Waals surface area contributed by atoms with Gasteiger partial charge in [-0.3, -0.25) is 9.69 Å². The van der Waals surface area contributed by atoms with Crippen LogP contribution in [0, 0.1) is 11.2 Å². The number of nitrogens with zero attached hydrogens (tertiary/aromatic N) is 1. The molecule has 1 fully saturated rings. The molecule has 2 amide bonds. The molecule has 1 N–H and O–H groups in total. The Morgan fingerprint density at radius 2 is 1.90 bits per heavy atom. The van der Waals surface area contributed by atoms with Gasteiger partial charge in [-0.05, 0) is 41.8 Å². The van der Waals surface area contributed by atoms with E-state index in [2.05, 4.69) is 5.32 Å². The molecule has 1 atom stereocenters. The van der Waals surface area contributed by atoms with Gasteiger partial charge in [0.2, 0.25) is 0 Å². The summed E-state index contributed by atoms with van der Waals surface area (Å²) in [5, 5.41) is 2.97. The average Bonchev–Trinajstić information content (AvgIpc) is 3.11. The highest BCUT2D eigenvalue weighted by Gasteiger charge is 2.28. The van der Waals surface area contributed by atoms with Gasteiger partial charge in [0.1, 0.15) is 13.2 Å². The lowest BCUT2D eigenvalue weighted by Crippen LogP contribution is -2.47. The summed E-state index contributed by atoms with van der Waals surface area (Å²) < 4.78 is 24.3. The van der Waals surface area contributed by atoms with Crippen LogP contribution in [-0.4, -0.2) is 37.8 Å². The van der Waals surface area contributed by atoms with Crippen LogP contribution in [0.4, 0.5) is 14.9 Å². The highest BCUT2D eigenvalue weighted by atomic mass is 19.1. The van der Waals surface area contributed by atoms with Gasteiger partial charge in [-0.2, -0.15) is 0 Å². The maximum absolute atomic E-state index is 13.8. The number of para-hydroxylation sites is 1. The number of hydrogen-bond acceptors (Lipinski definition) is 4. The molecule has 2 aromatic carbocycles. The molecule has 2 aromatic rings. The van der Waals surface area contributed by atoms with Crippen molar-refractivity contribution >= 4 is 17.7 Å². The Morgan fingerprint density at radius 1 is 1.21 bits per heavy atom. The van der Waals surface area contributed by atoms with Crippen LogP contribution in [0.3, 0.4) is 0 Å². The van der Waals surface area contributed by atoms with E-state index in [1.54, 1.807) is 42.5 Å². The van der Waals surface area contributed by atoms with E-state index >= 15 is 0 Å². The third-order valence-electron chi connectivity index (χ3n) is 4.79. The minimum Gasteiger partial charge on any atom is -0.488 e. The number of rotatable bonds is 6. The summed E-state index contributed by atoms with van der Waals surface area (Å²) in [5.41, 5.74) is 0.834. The molecular formula is C22H25FN2O4. The molecule has 1 aliphatic rings. The lowest BCUT2D eigenvalue weighted by Gasteiger charge is -2.31. The van der Waals surface area contributed by atoms with Crippen LogP contribution >= 0.6 is 0 Å². The summed E-state index contributed by atoms with van der Waals surface area (Å²) in [6.07, 6.45) is -0.389. The van der Waals surface area contributed by atoms with Crippen molar-refractivity contribution in [2.45, 2.75) is 26.8 Å². The zero-order valence-electron chi connectivity index (χ0n) is 16.8. The molecule has 1 unspecified atom stereocenters. The molecule has 0 saturated carbocycles. The SMILES string of the molecule is CC(C)(C)C(COc1ccccc1F)NC(=O)c1ccc(N2CCOC2=O)cc1. The van der Waals surface area contributed by atoms with Crippen molar-refractivity contribution in [2.75, 3.05) is 24.7 Å². The average molecular weight is 400 g/mol. The molecule has 3 rings (SSSR count). The van der Waals surface area contributed by atoms with E-state index < -0.39 is 5.82 Å². The molecule has 0 aromatic heterocycles. The number of ether oxygens (including phenoxy) is 2. The van der Waals surface area contributed by atoms with Gasteiger partial charge >= 0.3 is 6.09 Å². The van der Waals surface area contributed by atoms with E-state index in [9.17, 15) is 14.0 Å². The van der Waals surface area contributed by atoms with Crippen molar-refractivity contribution in [3.05, 3.63) is 59.9 Å². The molecular weight excluding hydrogens is 375 g/mol. The summed E-state index contributed by atoms with van der Waals surface area (Å²) in [7, 11) is 0. The standard InChI is InChI=1S/C22H25FN2O4/c1-22(2,3)19(14-29-18-7-5-4-6-17(18)23)24-20(26)15-8-10-16(11-9-15)25-12-13-28-21(25)27/h4-11,19H,12-14H2,1-3H3,(H,24,26).